The minimum absolute atomic E-state index is 0.172. The Hall–Kier alpha value is -4.43. The lowest BCUT2D eigenvalue weighted by atomic mass is 10.0. The Morgan fingerprint density at radius 1 is 1.08 bits per heavy atom. The molecule has 37 heavy (non-hydrogen) atoms. The number of amides is 1. The van der Waals surface area contributed by atoms with Crippen LogP contribution in [0, 0.1) is 5.41 Å². The van der Waals surface area contributed by atoms with Crippen LogP contribution in [0.1, 0.15) is 22.3 Å². The second kappa shape index (κ2) is 10.3. The number of hydrogen-bond acceptors (Lipinski definition) is 7. The molecule has 1 saturated heterocycles. The summed E-state index contributed by atoms with van der Waals surface area (Å²) in [7, 11) is 3.73. The van der Waals surface area contributed by atoms with Crippen LogP contribution in [0.5, 0.6) is 5.75 Å². The van der Waals surface area contributed by atoms with Crippen LogP contribution in [0.4, 0.5) is 17.2 Å². The molecule has 0 radical (unpaired) electrons. The quantitative estimate of drug-likeness (QED) is 0.272. The number of anilines is 3. The number of benzene rings is 2. The Bertz CT molecular complexity index is 1400. The van der Waals surface area contributed by atoms with Crippen LogP contribution in [0.2, 0.25) is 0 Å². The van der Waals surface area contributed by atoms with Gasteiger partial charge < -0.3 is 31.0 Å². The number of ether oxygens (including phenoxy) is 1. The molecule has 3 heterocycles. The molecule has 2 aliphatic heterocycles. The van der Waals surface area contributed by atoms with E-state index in [0.29, 0.717) is 28.3 Å². The number of hydrogen-bond donors (Lipinski definition) is 3. The van der Waals surface area contributed by atoms with E-state index in [2.05, 4.69) is 27.1 Å². The summed E-state index contributed by atoms with van der Waals surface area (Å²) < 4.78 is 5.30. The molecule has 1 aromatic heterocycles. The molecule has 0 saturated carbocycles. The smallest absolute Gasteiger partial charge is 0.256 e. The van der Waals surface area contributed by atoms with E-state index in [0.717, 1.165) is 54.4 Å². The summed E-state index contributed by atoms with van der Waals surface area (Å²) in [5.74, 6) is 1.49. The summed E-state index contributed by atoms with van der Waals surface area (Å²) in [5.41, 5.74) is 11.5. The molecule has 0 bridgehead atoms. The zero-order chi connectivity index (χ0) is 25.9. The molecule has 2 aliphatic rings. The summed E-state index contributed by atoms with van der Waals surface area (Å²) in [4.78, 5) is 21.7. The van der Waals surface area contributed by atoms with Gasteiger partial charge in [-0.1, -0.05) is 18.2 Å². The first-order chi connectivity index (χ1) is 17.9. The van der Waals surface area contributed by atoms with Crippen molar-refractivity contribution >= 4 is 46.5 Å². The lowest BCUT2D eigenvalue weighted by molar-refractivity contribution is -0.110. The number of nitrogens with zero attached hydrogens (tertiary/aromatic N) is 3. The molecular formula is C29H30N6O2. The van der Waals surface area contributed by atoms with Gasteiger partial charge >= 0.3 is 0 Å². The monoisotopic (exact) mass is 494 g/mol. The van der Waals surface area contributed by atoms with E-state index in [1.54, 1.807) is 25.3 Å². The van der Waals surface area contributed by atoms with Crippen molar-refractivity contribution in [3.63, 3.8) is 0 Å². The Morgan fingerprint density at radius 2 is 1.86 bits per heavy atom. The van der Waals surface area contributed by atoms with Crippen molar-refractivity contribution < 1.29 is 9.53 Å². The molecule has 0 aliphatic carbocycles. The molecule has 0 spiro atoms. The van der Waals surface area contributed by atoms with Gasteiger partial charge in [0.2, 0.25) is 0 Å². The first-order valence-electron chi connectivity index (χ1n) is 12.2. The topological polar surface area (TPSA) is 108 Å². The van der Waals surface area contributed by atoms with Gasteiger partial charge in [0.15, 0.2) is 0 Å². The van der Waals surface area contributed by atoms with Crippen molar-refractivity contribution in [3.05, 3.63) is 83.1 Å². The summed E-state index contributed by atoms with van der Waals surface area (Å²) >= 11 is 0. The predicted molar refractivity (Wildman–Crippen MR) is 150 cm³/mol. The van der Waals surface area contributed by atoms with Gasteiger partial charge in [0.05, 0.1) is 12.8 Å². The molecule has 1 amide bonds. The van der Waals surface area contributed by atoms with Crippen molar-refractivity contribution in [2.45, 2.75) is 0 Å². The lowest BCUT2D eigenvalue weighted by Gasteiger charge is -2.33. The lowest BCUT2D eigenvalue weighted by Crippen LogP contribution is -2.44. The molecule has 8 heteroatoms. The molecule has 5 rings (SSSR count). The third kappa shape index (κ3) is 5.24. The van der Waals surface area contributed by atoms with Crippen molar-refractivity contribution in [1.29, 1.82) is 5.41 Å². The van der Waals surface area contributed by atoms with Crippen molar-refractivity contribution in [2.75, 3.05) is 56.3 Å². The molecular weight excluding hydrogens is 464 g/mol. The van der Waals surface area contributed by atoms with Crippen molar-refractivity contribution in [3.8, 4) is 5.75 Å². The van der Waals surface area contributed by atoms with E-state index in [1.807, 2.05) is 54.7 Å². The van der Waals surface area contributed by atoms with Crippen LogP contribution in [-0.4, -0.2) is 61.8 Å². The van der Waals surface area contributed by atoms with Crippen LogP contribution >= 0.6 is 0 Å². The fourth-order valence-electron chi connectivity index (χ4n) is 4.51. The van der Waals surface area contributed by atoms with E-state index in [1.165, 1.54) is 0 Å². The third-order valence-corrected chi connectivity index (χ3v) is 6.73. The Kier molecular flexibility index (Phi) is 6.74. The second-order valence-electron chi connectivity index (χ2n) is 9.26. The molecule has 8 nitrogen and oxygen atoms in total. The average Bonchev–Trinajstić information content (AvgIpc) is 3.22. The molecule has 0 unspecified atom stereocenters. The van der Waals surface area contributed by atoms with Gasteiger partial charge in [0.25, 0.3) is 5.91 Å². The highest BCUT2D eigenvalue weighted by Gasteiger charge is 2.24. The Labute approximate surface area is 216 Å². The number of aromatic nitrogens is 1. The van der Waals surface area contributed by atoms with Crippen molar-refractivity contribution in [1.82, 2.24) is 9.88 Å². The fraction of sp³-hybridized carbons (Fsp3) is 0.207. The summed E-state index contributed by atoms with van der Waals surface area (Å²) in [5, 5.41) is 11.4. The summed E-state index contributed by atoms with van der Waals surface area (Å²) in [6.45, 7) is 4.02. The number of nitrogens with two attached hydrogens (primary N) is 1. The maximum atomic E-state index is 12.5. The van der Waals surface area contributed by atoms with Crippen LogP contribution in [0.3, 0.4) is 0 Å². The fourth-order valence-corrected chi connectivity index (χ4v) is 4.51. The molecule has 1 fully saturated rings. The summed E-state index contributed by atoms with van der Waals surface area (Å²) in [6.07, 6.45) is 7.22. The number of likely N-dealkylation sites (N-methyl/N-ethyl adjacent to an activating group) is 1. The van der Waals surface area contributed by atoms with E-state index in [4.69, 9.17) is 15.9 Å². The predicted octanol–water partition coefficient (Wildman–Crippen LogP) is 4.00. The highest BCUT2D eigenvalue weighted by Crippen LogP contribution is 2.36. The summed E-state index contributed by atoms with van der Waals surface area (Å²) in [6, 6.07) is 15.0. The standard InChI is InChI=1S/C29H30N6O2/c1-34-11-13-35(14-12-34)28-10-5-19(18-32-28)4-8-25(30)22-7-3-20(16-26(22)31)15-24-23-17-21(37-2)6-9-27(23)33-29(24)36/h3-10,15-18,30H,11-14,31H2,1-2H3,(H,33,36)/b8-4+,24-15+,30-25?. The first-order valence-corrected chi connectivity index (χ1v) is 12.2. The maximum absolute atomic E-state index is 12.5. The number of allylic oxidation sites excluding steroid dienone is 1. The molecule has 0 atom stereocenters. The van der Waals surface area contributed by atoms with Gasteiger partial charge in [-0.15, -0.1) is 0 Å². The Morgan fingerprint density at radius 3 is 2.57 bits per heavy atom. The SMILES string of the molecule is COc1ccc2c(c1)/C(=C\c1ccc(C(=N)/C=C/c3ccc(N4CCN(C)CC4)nc3)c(N)c1)C(=O)N2. The second-order valence-corrected chi connectivity index (χ2v) is 9.26. The third-order valence-electron chi connectivity index (χ3n) is 6.73. The number of methoxy groups -OCH3 is 1. The zero-order valence-electron chi connectivity index (χ0n) is 21.0. The highest BCUT2D eigenvalue weighted by molar-refractivity contribution is 6.35. The zero-order valence-corrected chi connectivity index (χ0v) is 21.0. The molecule has 4 N–H and O–H groups in total. The minimum Gasteiger partial charge on any atom is -0.497 e. The number of nitrogens with one attached hydrogen (secondary N) is 2. The number of rotatable bonds is 6. The van der Waals surface area contributed by atoms with E-state index in [-0.39, 0.29) is 5.91 Å². The van der Waals surface area contributed by atoms with Crippen LogP contribution in [-0.2, 0) is 4.79 Å². The van der Waals surface area contributed by atoms with Gasteiger partial charge in [-0.25, -0.2) is 4.98 Å². The van der Waals surface area contributed by atoms with Crippen LogP contribution in [0.15, 0.2) is 60.8 Å². The van der Waals surface area contributed by atoms with Gasteiger partial charge in [-0.3, -0.25) is 4.79 Å². The number of carbonyl (C=O) groups is 1. The molecule has 2 aromatic carbocycles. The van der Waals surface area contributed by atoms with E-state index in [9.17, 15) is 4.79 Å². The highest BCUT2D eigenvalue weighted by atomic mass is 16.5. The normalized spacial score (nSPS) is 16.8. The van der Waals surface area contributed by atoms with Gasteiger partial charge in [0, 0.05) is 60.5 Å². The molecule has 188 valence electrons. The number of nitrogen functional groups attached to an aromatic ring is 1. The first kappa shape index (κ1) is 24.3. The number of piperazine rings is 1. The van der Waals surface area contributed by atoms with E-state index < -0.39 is 0 Å². The van der Waals surface area contributed by atoms with Gasteiger partial charge in [0.1, 0.15) is 11.6 Å². The van der Waals surface area contributed by atoms with Crippen LogP contribution in [0.25, 0.3) is 17.7 Å². The number of fused-ring (bicyclic) bond motifs is 1. The molecule has 3 aromatic rings. The van der Waals surface area contributed by atoms with E-state index >= 15 is 0 Å². The average molecular weight is 495 g/mol. The van der Waals surface area contributed by atoms with Gasteiger partial charge in [-0.05, 0) is 66.7 Å². The number of pyridine rings is 1. The Balaban J connectivity index is 1.29. The van der Waals surface area contributed by atoms with Gasteiger partial charge in [-0.2, -0.15) is 0 Å². The minimum atomic E-state index is -0.172. The number of carbonyl (C=O) groups excluding carboxylic acids is 1. The largest absolute Gasteiger partial charge is 0.497 e. The maximum Gasteiger partial charge on any atom is 0.256 e. The van der Waals surface area contributed by atoms with Crippen LogP contribution < -0.4 is 20.7 Å². The van der Waals surface area contributed by atoms with Crippen molar-refractivity contribution in [2.24, 2.45) is 0 Å².